The van der Waals surface area contributed by atoms with Gasteiger partial charge in [-0.25, -0.2) is 35.8 Å². The van der Waals surface area contributed by atoms with Crippen LogP contribution in [0.4, 0.5) is 5.82 Å². The van der Waals surface area contributed by atoms with Crippen molar-refractivity contribution in [2.75, 3.05) is 37.8 Å². The number of hydrogen-bond acceptors (Lipinski definition) is 7. The third-order valence-electron chi connectivity index (χ3n) is 6.70. The Bertz CT molecular complexity index is 1130. The van der Waals surface area contributed by atoms with Crippen molar-refractivity contribution < 1.29 is 16.8 Å². The van der Waals surface area contributed by atoms with E-state index in [9.17, 15) is 16.8 Å². The topological polar surface area (TPSA) is 128 Å². The number of anilines is 1. The van der Waals surface area contributed by atoms with Crippen LogP contribution in [0.5, 0.6) is 0 Å². The molecule has 3 heterocycles. The van der Waals surface area contributed by atoms with Crippen molar-refractivity contribution in [2.24, 2.45) is 5.92 Å². The van der Waals surface area contributed by atoms with E-state index in [0.717, 1.165) is 42.5 Å². The van der Waals surface area contributed by atoms with E-state index in [-0.39, 0.29) is 24.8 Å². The number of nitrogens with one attached hydrogen (secondary N) is 2. The van der Waals surface area contributed by atoms with Crippen molar-refractivity contribution in [3.63, 3.8) is 0 Å². The first kappa shape index (κ1) is 22.4. The summed E-state index contributed by atoms with van der Waals surface area (Å²) in [7, 11) is -3.53. The number of nitrogens with zero attached hydrogens (tertiary/aromatic N) is 4. The molecule has 31 heavy (non-hydrogen) atoms. The molecule has 1 saturated heterocycles. The summed E-state index contributed by atoms with van der Waals surface area (Å²) >= 11 is 0. The van der Waals surface area contributed by atoms with Gasteiger partial charge in [-0.2, -0.15) is 0 Å². The number of aromatic nitrogens is 3. The highest BCUT2D eigenvalue weighted by atomic mass is 32.2. The fourth-order valence-corrected chi connectivity index (χ4v) is 7.94. The lowest BCUT2D eigenvalue weighted by Gasteiger charge is -2.35. The van der Waals surface area contributed by atoms with Crippen LogP contribution >= 0.6 is 0 Å². The first-order chi connectivity index (χ1) is 14.7. The summed E-state index contributed by atoms with van der Waals surface area (Å²) in [4.78, 5) is 14.0. The summed E-state index contributed by atoms with van der Waals surface area (Å²) < 4.78 is 53.5. The van der Waals surface area contributed by atoms with Gasteiger partial charge in [0.05, 0.1) is 16.4 Å². The summed E-state index contributed by atoms with van der Waals surface area (Å²) in [5, 5.41) is 0.310. The van der Waals surface area contributed by atoms with Crippen LogP contribution in [0, 0.1) is 5.92 Å². The maximum atomic E-state index is 12.9. The molecule has 0 radical (unpaired) electrons. The predicted octanol–water partition coefficient (Wildman–Crippen LogP) is 0.906. The van der Waals surface area contributed by atoms with E-state index < -0.39 is 25.3 Å². The van der Waals surface area contributed by atoms with Crippen LogP contribution < -0.4 is 9.62 Å². The van der Waals surface area contributed by atoms with Crippen LogP contribution in [-0.4, -0.2) is 80.3 Å². The second-order valence-corrected chi connectivity index (χ2v) is 12.7. The van der Waals surface area contributed by atoms with Crippen molar-refractivity contribution in [3.05, 3.63) is 18.6 Å². The zero-order valence-corrected chi connectivity index (χ0v) is 19.5. The molecule has 1 aliphatic carbocycles. The summed E-state index contributed by atoms with van der Waals surface area (Å²) in [6.07, 6.45) is 7.17. The quantitative estimate of drug-likeness (QED) is 0.615. The average Bonchev–Trinajstić information content (AvgIpc) is 3.43. The van der Waals surface area contributed by atoms with Gasteiger partial charge < -0.3 is 9.88 Å². The molecule has 172 valence electrons. The SMILES string of the molecule is CNS(=O)(=O)C1CCN(S(=O)(=O)C[C@H]2CC[C@H](N(C)c3ncnc4[nH]ccc34)CC2)C1. The van der Waals surface area contributed by atoms with Gasteiger partial charge in [0.1, 0.15) is 17.8 Å². The van der Waals surface area contributed by atoms with Gasteiger partial charge in [0.15, 0.2) is 0 Å². The van der Waals surface area contributed by atoms with E-state index in [1.807, 2.05) is 19.3 Å². The Labute approximate surface area is 183 Å². The smallest absolute Gasteiger partial charge is 0.215 e. The molecule has 2 aliphatic rings. The first-order valence-electron chi connectivity index (χ1n) is 10.6. The van der Waals surface area contributed by atoms with Gasteiger partial charge in [-0.3, -0.25) is 0 Å². The predicted molar refractivity (Wildman–Crippen MR) is 120 cm³/mol. The number of hydrogen-bond donors (Lipinski definition) is 2. The number of rotatable bonds is 7. The van der Waals surface area contributed by atoms with Crippen LogP contribution in [0.3, 0.4) is 0 Å². The monoisotopic (exact) mass is 470 g/mol. The molecule has 1 unspecified atom stereocenters. The minimum atomic E-state index is -3.47. The molecule has 2 fully saturated rings. The Morgan fingerprint density at radius 1 is 1.16 bits per heavy atom. The molecular weight excluding hydrogens is 440 g/mol. The van der Waals surface area contributed by atoms with Crippen molar-refractivity contribution in [1.82, 2.24) is 24.0 Å². The molecule has 12 heteroatoms. The zero-order valence-electron chi connectivity index (χ0n) is 17.9. The van der Waals surface area contributed by atoms with E-state index in [2.05, 4.69) is 24.6 Å². The fraction of sp³-hybridized carbons (Fsp3) is 0.684. The number of aromatic amines is 1. The Morgan fingerprint density at radius 2 is 1.90 bits per heavy atom. The maximum absolute atomic E-state index is 12.9. The van der Waals surface area contributed by atoms with Gasteiger partial charge >= 0.3 is 0 Å². The van der Waals surface area contributed by atoms with E-state index in [1.54, 1.807) is 6.33 Å². The molecule has 2 aromatic rings. The second-order valence-electron chi connectivity index (χ2n) is 8.52. The van der Waals surface area contributed by atoms with Gasteiger partial charge in [0.25, 0.3) is 0 Å². The first-order valence-corrected chi connectivity index (χ1v) is 13.8. The van der Waals surface area contributed by atoms with E-state index >= 15 is 0 Å². The van der Waals surface area contributed by atoms with Crippen molar-refractivity contribution in [3.8, 4) is 0 Å². The van der Waals surface area contributed by atoms with Crippen LogP contribution in [0.25, 0.3) is 11.0 Å². The molecule has 4 rings (SSSR count). The lowest BCUT2D eigenvalue weighted by Crippen LogP contribution is -2.40. The fourth-order valence-electron chi connectivity index (χ4n) is 4.79. The summed E-state index contributed by atoms with van der Waals surface area (Å²) in [6, 6.07) is 2.26. The summed E-state index contributed by atoms with van der Waals surface area (Å²) in [5.41, 5.74) is 0.806. The molecule has 10 nitrogen and oxygen atoms in total. The third kappa shape index (κ3) is 4.57. The van der Waals surface area contributed by atoms with Gasteiger partial charge in [-0.1, -0.05) is 0 Å². The van der Waals surface area contributed by atoms with Gasteiger partial charge in [0, 0.05) is 32.4 Å². The molecule has 2 aromatic heterocycles. The largest absolute Gasteiger partial charge is 0.356 e. The lowest BCUT2D eigenvalue weighted by molar-refractivity contribution is 0.336. The second kappa shape index (κ2) is 8.64. The van der Waals surface area contributed by atoms with Crippen molar-refractivity contribution in [1.29, 1.82) is 0 Å². The molecule has 0 aromatic carbocycles. The minimum absolute atomic E-state index is 0.0456. The molecule has 1 aliphatic heterocycles. The molecule has 1 atom stereocenters. The average molecular weight is 471 g/mol. The molecule has 0 bridgehead atoms. The molecule has 0 spiro atoms. The number of fused-ring (bicyclic) bond motifs is 1. The standard InChI is InChI=1S/C19H30N6O4S2/c1-20-31(28,29)16-8-10-25(11-16)30(26,27)12-14-3-5-15(6-4-14)24(2)19-17-7-9-21-18(17)22-13-23-19/h7,9,13-16,20H,3-6,8,10-12H2,1-2H3,(H,21,22,23)/t14-,15-,16?. The van der Waals surface area contributed by atoms with Crippen LogP contribution in [0.15, 0.2) is 18.6 Å². The highest BCUT2D eigenvalue weighted by Gasteiger charge is 2.39. The Morgan fingerprint density at radius 3 is 2.61 bits per heavy atom. The van der Waals surface area contributed by atoms with Gasteiger partial charge in [-0.05, 0) is 51.1 Å². The van der Waals surface area contributed by atoms with Crippen LogP contribution in [0.2, 0.25) is 0 Å². The number of sulfonamides is 2. The summed E-state index contributed by atoms with van der Waals surface area (Å²) in [6.45, 7) is 0.316. The van der Waals surface area contributed by atoms with E-state index in [1.165, 1.54) is 11.4 Å². The van der Waals surface area contributed by atoms with Gasteiger partial charge in [0.2, 0.25) is 20.0 Å². The van der Waals surface area contributed by atoms with Crippen LogP contribution in [0.1, 0.15) is 32.1 Å². The molecule has 1 saturated carbocycles. The van der Waals surface area contributed by atoms with E-state index in [4.69, 9.17) is 0 Å². The Hall–Kier alpha value is -1.76. The number of H-pyrrole nitrogens is 1. The summed E-state index contributed by atoms with van der Waals surface area (Å²) in [5.74, 6) is 1.06. The van der Waals surface area contributed by atoms with E-state index in [0.29, 0.717) is 12.5 Å². The Kier molecular flexibility index (Phi) is 6.25. The highest BCUT2D eigenvalue weighted by Crippen LogP contribution is 2.33. The third-order valence-corrected chi connectivity index (χ3v) is 10.5. The lowest BCUT2D eigenvalue weighted by atomic mass is 9.86. The Balaban J connectivity index is 1.34. The van der Waals surface area contributed by atoms with Gasteiger partial charge in [-0.15, -0.1) is 0 Å². The normalized spacial score (nSPS) is 25.8. The minimum Gasteiger partial charge on any atom is -0.356 e. The van der Waals surface area contributed by atoms with Crippen molar-refractivity contribution >= 4 is 36.9 Å². The van der Waals surface area contributed by atoms with Crippen molar-refractivity contribution in [2.45, 2.75) is 43.4 Å². The molecule has 0 amide bonds. The highest BCUT2D eigenvalue weighted by molar-refractivity contribution is 7.90. The van der Waals surface area contributed by atoms with Crippen LogP contribution in [-0.2, 0) is 20.0 Å². The molecular formula is C19H30N6O4S2. The zero-order chi connectivity index (χ0) is 22.2. The maximum Gasteiger partial charge on any atom is 0.215 e. The molecule has 2 N–H and O–H groups in total.